The van der Waals surface area contributed by atoms with E-state index in [-0.39, 0.29) is 11.8 Å². The number of benzene rings is 2. The summed E-state index contributed by atoms with van der Waals surface area (Å²) in [5, 5.41) is 0.615. The van der Waals surface area contributed by atoms with Gasteiger partial charge in [-0.05, 0) is 49.4 Å². The number of aromatic nitrogens is 2. The fourth-order valence-electron chi connectivity index (χ4n) is 3.41. The second kappa shape index (κ2) is 8.13. The molecule has 0 spiro atoms. The number of carbonyl (C=O) groups is 2. The van der Waals surface area contributed by atoms with Crippen molar-refractivity contribution in [2.24, 2.45) is 0 Å². The minimum absolute atomic E-state index is 0.0425. The number of rotatable bonds is 4. The zero-order chi connectivity index (χ0) is 20.4. The highest BCUT2D eigenvalue weighted by Crippen LogP contribution is 2.18. The van der Waals surface area contributed by atoms with Crippen molar-refractivity contribution < 1.29 is 14.3 Å². The molecule has 1 atom stereocenters. The minimum atomic E-state index is -0.610. The smallest absolute Gasteiger partial charge is 0.263 e. The number of nitrogens with zero attached hydrogens (tertiary/aromatic N) is 3. The largest absolute Gasteiger partial charge is 0.481 e. The first-order chi connectivity index (χ1) is 14.0. The Balaban J connectivity index is 1.33. The van der Waals surface area contributed by atoms with Crippen LogP contribution in [0, 0.1) is 0 Å². The number of hydrogen-bond acceptors (Lipinski definition) is 4. The van der Waals surface area contributed by atoms with Crippen LogP contribution in [-0.2, 0) is 4.79 Å². The second-order valence-corrected chi connectivity index (χ2v) is 7.40. The second-order valence-electron chi connectivity index (χ2n) is 6.97. The number of H-pyrrole nitrogens is 1. The molecule has 1 fully saturated rings. The molecule has 29 heavy (non-hydrogen) atoms. The van der Waals surface area contributed by atoms with Crippen LogP contribution < -0.4 is 4.74 Å². The number of carbonyl (C=O) groups excluding carboxylic acids is 2. The van der Waals surface area contributed by atoms with E-state index in [4.69, 9.17) is 16.3 Å². The Hall–Kier alpha value is -3.06. The topological polar surface area (TPSA) is 78.5 Å². The monoisotopic (exact) mass is 412 g/mol. The molecule has 0 radical (unpaired) electrons. The van der Waals surface area contributed by atoms with Gasteiger partial charge in [0.2, 0.25) is 0 Å². The number of nitrogens with one attached hydrogen (secondary N) is 1. The molecule has 1 saturated heterocycles. The zero-order valence-electron chi connectivity index (χ0n) is 16.0. The first kappa shape index (κ1) is 19.3. The molecule has 4 rings (SSSR count). The number of imidazole rings is 1. The molecule has 1 aromatic heterocycles. The van der Waals surface area contributed by atoms with Gasteiger partial charge >= 0.3 is 0 Å². The minimum Gasteiger partial charge on any atom is -0.481 e. The fourth-order valence-corrected chi connectivity index (χ4v) is 3.53. The summed E-state index contributed by atoms with van der Waals surface area (Å²) in [6.45, 7) is 3.66. The molecule has 3 aromatic rings. The molecule has 1 unspecified atom stereocenters. The van der Waals surface area contributed by atoms with E-state index in [1.807, 2.05) is 12.1 Å². The van der Waals surface area contributed by atoms with Crippen LogP contribution in [0.25, 0.3) is 11.0 Å². The summed E-state index contributed by atoms with van der Waals surface area (Å²) in [6, 6.07) is 12.3. The van der Waals surface area contributed by atoms with Crippen LogP contribution in [0.1, 0.15) is 17.3 Å². The first-order valence-corrected chi connectivity index (χ1v) is 9.82. The SMILES string of the molecule is CC(Oc1ccc(Cl)cc1)C(=O)N1CCN(C(=O)c2ccc3nc[nH]c3c2)CC1. The summed E-state index contributed by atoms with van der Waals surface area (Å²) < 4.78 is 5.72. The summed E-state index contributed by atoms with van der Waals surface area (Å²) in [7, 11) is 0. The lowest BCUT2D eigenvalue weighted by molar-refractivity contribution is -0.139. The third-order valence-electron chi connectivity index (χ3n) is 5.02. The van der Waals surface area contributed by atoms with E-state index in [0.717, 1.165) is 11.0 Å². The number of amides is 2. The molecule has 0 bridgehead atoms. The van der Waals surface area contributed by atoms with E-state index in [1.165, 1.54) is 0 Å². The summed E-state index contributed by atoms with van der Waals surface area (Å²) in [6.07, 6.45) is 0.998. The highest BCUT2D eigenvalue weighted by Gasteiger charge is 2.28. The Labute approximate surface area is 173 Å². The predicted octanol–water partition coefficient (Wildman–Crippen LogP) is 2.97. The van der Waals surface area contributed by atoms with E-state index in [2.05, 4.69) is 9.97 Å². The van der Waals surface area contributed by atoms with Crippen molar-refractivity contribution in [3.63, 3.8) is 0 Å². The Morgan fingerprint density at radius 2 is 1.76 bits per heavy atom. The van der Waals surface area contributed by atoms with Gasteiger partial charge in [-0.3, -0.25) is 9.59 Å². The molecule has 1 aliphatic heterocycles. The number of aromatic amines is 1. The molecule has 2 aromatic carbocycles. The van der Waals surface area contributed by atoms with Crippen molar-refractivity contribution in [1.29, 1.82) is 0 Å². The van der Waals surface area contributed by atoms with E-state index in [1.54, 1.807) is 53.4 Å². The van der Waals surface area contributed by atoms with Crippen molar-refractivity contribution in [1.82, 2.24) is 19.8 Å². The number of fused-ring (bicyclic) bond motifs is 1. The van der Waals surface area contributed by atoms with E-state index in [9.17, 15) is 9.59 Å². The Bertz CT molecular complexity index is 1030. The maximum atomic E-state index is 12.8. The number of ether oxygens (including phenoxy) is 1. The average Bonchev–Trinajstić information content (AvgIpc) is 3.22. The van der Waals surface area contributed by atoms with Crippen molar-refractivity contribution in [2.75, 3.05) is 26.2 Å². The molecule has 0 saturated carbocycles. The lowest BCUT2D eigenvalue weighted by Gasteiger charge is -2.36. The molecule has 1 aliphatic rings. The van der Waals surface area contributed by atoms with Crippen LogP contribution in [0.5, 0.6) is 5.75 Å². The summed E-state index contributed by atoms with van der Waals surface area (Å²) in [4.78, 5) is 36.2. The standard InChI is InChI=1S/C21H21ClN4O3/c1-14(29-17-5-3-16(22)4-6-17)20(27)25-8-10-26(11-9-25)21(28)15-2-7-18-19(12-15)24-13-23-18/h2-7,12-14H,8-11H2,1H3,(H,23,24). The van der Waals surface area contributed by atoms with Gasteiger partial charge in [0.15, 0.2) is 6.10 Å². The predicted molar refractivity (Wildman–Crippen MR) is 110 cm³/mol. The van der Waals surface area contributed by atoms with Gasteiger partial charge in [0.05, 0.1) is 17.4 Å². The number of halogens is 1. The van der Waals surface area contributed by atoms with Gasteiger partial charge in [-0.25, -0.2) is 4.98 Å². The van der Waals surface area contributed by atoms with Gasteiger partial charge in [0.25, 0.3) is 11.8 Å². The molecule has 0 aliphatic carbocycles. The highest BCUT2D eigenvalue weighted by molar-refractivity contribution is 6.30. The van der Waals surface area contributed by atoms with Crippen LogP contribution in [0.15, 0.2) is 48.8 Å². The van der Waals surface area contributed by atoms with Crippen LogP contribution in [-0.4, -0.2) is 63.9 Å². The Morgan fingerprint density at radius 1 is 1.07 bits per heavy atom. The lowest BCUT2D eigenvalue weighted by atomic mass is 10.1. The molecular weight excluding hydrogens is 392 g/mol. The van der Waals surface area contributed by atoms with Gasteiger partial charge in [0.1, 0.15) is 5.75 Å². The number of hydrogen-bond donors (Lipinski definition) is 1. The third kappa shape index (κ3) is 4.19. The van der Waals surface area contributed by atoms with Gasteiger partial charge in [-0.2, -0.15) is 0 Å². The molecule has 2 amide bonds. The summed E-state index contributed by atoms with van der Waals surface area (Å²) >= 11 is 5.87. The lowest BCUT2D eigenvalue weighted by Crippen LogP contribution is -2.53. The number of piperazine rings is 1. The quantitative estimate of drug-likeness (QED) is 0.714. The Morgan fingerprint density at radius 3 is 2.48 bits per heavy atom. The van der Waals surface area contributed by atoms with Crippen molar-refractivity contribution in [3.8, 4) is 5.75 Å². The van der Waals surface area contributed by atoms with Crippen molar-refractivity contribution in [3.05, 3.63) is 59.4 Å². The van der Waals surface area contributed by atoms with Crippen LogP contribution in [0.4, 0.5) is 0 Å². The van der Waals surface area contributed by atoms with Gasteiger partial charge < -0.3 is 19.5 Å². The summed E-state index contributed by atoms with van der Waals surface area (Å²) in [5.74, 6) is 0.461. The van der Waals surface area contributed by atoms with Gasteiger partial charge in [0, 0.05) is 36.8 Å². The van der Waals surface area contributed by atoms with E-state index >= 15 is 0 Å². The van der Waals surface area contributed by atoms with E-state index in [0.29, 0.717) is 42.5 Å². The normalized spacial score (nSPS) is 15.4. The molecule has 1 N–H and O–H groups in total. The average molecular weight is 413 g/mol. The molecule has 8 heteroatoms. The molecular formula is C21H21ClN4O3. The van der Waals surface area contributed by atoms with E-state index < -0.39 is 6.10 Å². The zero-order valence-corrected chi connectivity index (χ0v) is 16.7. The molecule has 2 heterocycles. The maximum Gasteiger partial charge on any atom is 0.263 e. The maximum absolute atomic E-state index is 12.8. The van der Waals surface area contributed by atoms with Crippen LogP contribution in [0.3, 0.4) is 0 Å². The van der Waals surface area contributed by atoms with Crippen LogP contribution >= 0.6 is 11.6 Å². The first-order valence-electron chi connectivity index (χ1n) is 9.45. The third-order valence-corrected chi connectivity index (χ3v) is 5.27. The van der Waals surface area contributed by atoms with Gasteiger partial charge in [-0.15, -0.1) is 0 Å². The van der Waals surface area contributed by atoms with Crippen molar-refractivity contribution >= 4 is 34.4 Å². The van der Waals surface area contributed by atoms with Gasteiger partial charge in [-0.1, -0.05) is 11.6 Å². The van der Waals surface area contributed by atoms with Crippen molar-refractivity contribution in [2.45, 2.75) is 13.0 Å². The fraction of sp³-hybridized carbons (Fsp3) is 0.286. The summed E-state index contributed by atoms with van der Waals surface area (Å²) in [5.41, 5.74) is 2.27. The Kier molecular flexibility index (Phi) is 5.40. The molecule has 150 valence electrons. The highest BCUT2D eigenvalue weighted by atomic mass is 35.5. The molecule has 7 nitrogen and oxygen atoms in total. The van der Waals surface area contributed by atoms with Crippen LogP contribution in [0.2, 0.25) is 5.02 Å².